The molecule has 1 unspecified atom stereocenters. The second-order valence-electron chi connectivity index (χ2n) is 4.59. The maximum absolute atomic E-state index is 2.60. The molecule has 2 rings (SSSR count). The quantitative estimate of drug-likeness (QED) is 0.471. The highest BCUT2D eigenvalue weighted by Gasteiger charge is 2.40. The van der Waals surface area contributed by atoms with Crippen molar-refractivity contribution in [1.29, 1.82) is 0 Å². The first-order chi connectivity index (χ1) is 5.73. The highest BCUT2D eigenvalue weighted by atomic mass is 15.2. The molecular formula is C9H19BN2. The molecule has 0 N–H and O–H groups in total. The molecule has 68 valence electrons. The lowest BCUT2D eigenvalue weighted by atomic mass is 9.83. The number of piperidine rings is 1. The molecule has 1 atom stereocenters. The van der Waals surface area contributed by atoms with Gasteiger partial charge in [-0.3, -0.25) is 0 Å². The molecule has 0 radical (unpaired) electrons. The minimum Gasteiger partial charge on any atom is -0.343 e. The molecule has 0 amide bonds. The summed E-state index contributed by atoms with van der Waals surface area (Å²) in [5, 5.41) is 0. The number of nitrogens with zero attached hydrogens (tertiary/aromatic N) is 2. The molecule has 0 saturated carbocycles. The van der Waals surface area contributed by atoms with Crippen molar-refractivity contribution in [3.05, 3.63) is 0 Å². The molecule has 12 heavy (non-hydrogen) atoms. The number of rotatable bonds is 0. The lowest BCUT2D eigenvalue weighted by molar-refractivity contribution is 0.142. The fourth-order valence-electron chi connectivity index (χ4n) is 2.81. The molecule has 2 heterocycles. The van der Waals surface area contributed by atoms with Crippen molar-refractivity contribution in [2.24, 2.45) is 0 Å². The van der Waals surface area contributed by atoms with Gasteiger partial charge in [-0.05, 0) is 39.4 Å². The Morgan fingerprint density at radius 3 is 2.58 bits per heavy atom. The van der Waals surface area contributed by atoms with E-state index in [0.717, 1.165) is 0 Å². The van der Waals surface area contributed by atoms with Crippen molar-refractivity contribution in [2.45, 2.75) is 31.2 Å². The molecule has 2 saturated heterocycles. The average Bonchev–Trinajstić information content (AvgIpc) is 2.41. The van der Waals surface area contributed by atoms with Crippen LogP contribution in [-0.2, 0) is 0 Å². The smallest absolute Gasteiger partial charge is 0.186 e. The van der Waals surface area contributed by atoms with Gasteiger partial charge in [-0.2, -0.15) is 0 Å². The van der Waals surface area contributed by atoms with E-state index in [2.05, 4.69) is 24.7 Å². The minimum atomic E-state index is 0.562. The Hall–Kier alpha value is -0.0151. The third kappa shape index (κ3) is 1.29. The SMILES string of the molecule is BN1CCCCC12CCN(C)C2. The van der Waals surface area contributed by atoms with Gasteiger partial charge in [-0.1, -0.05) is 6.42 Å². The van der Waals surface area contributed by atoms with Crippen molar-refractivity contribution < 1.29 is 0 Å². The summed E-state index contributed by atoms with van der Waals surface area (Å²) in [5.74, 6) is 0. The molecular weight excluding hydrogens is 147 g/mol. The lowest BCUT2D eigenvalue weighted by Gasteiger charge is -2.43. The first-order valence-corrected chi connectivity index (χ1v) is 5.13. The molecule has 2 fully saturated rings. The van der Waals surface area contributed by atoms with Gasteiger partial charge in [-0.15, -0.1) is 0 Å². The number of hydrogen-bond donors (Lipinski definition) is 0. The van der Waals surface area contributed by atoms with Gasteiger partial charge >= 0.3 is 0 Å². The van der Waals surface area contributed by atoms with Gasteiger partial charge in [0.15, 0.2) is 7.98 Å². The van der Waals surface area contributed by atoms with Crippen LogP contribution < -0.4 is 0 Å². The molecule has 2 aliphatic heterocycles. The van der Waals surface area contributed by atoms with E-state index in [9.17, 15) is 0 Å². The zero-order valence-corrected chi connectivity index (χ0v) is 8.34. The third-order valence-electron chi connectivity index (χ3n) is 3.72. The van der Waals surface area contributed by atoms with Crippen LogP contribution in [0.5, 0.6) is 0 Å². The Kier molecular flexibility index (Phi) is 2.17. The van der Waals surface area contributed by atoms with Crippen LogP contribution in [0.2, 0.25) is 0 Å². The van der Waals surface area contributed by atoms with Gasteiger partial charge in [0, 0.05) is 12.1 Å². The predicted molar refractivity (Wildman–Crippen MR) is 53.9 cm³/mol. The molecule has 0 bridgehead atoms. The summed E-state index contributed by atoms with van der Waals surface area (Å²) in [6.45, 7) is 3.90. The molecule has 0 aromatic heterocycles. The van der Waals surface area contributed by atoms with Gasteiger partial charge in [0.05, 0.1) is 0 Å². The van der Waals surface area contributed by atoms with E-state index < -0.39 is 0 Å². The fraction of sp³-hybridized carbons (Fsp3) is 1.00. The molecule has 0 aliphatic carbocycles. The standard InChI is InChI=1S/C9H19BN2/c1-11-7-5-9(8-11)4-2-3-6-12(9)10/h2-8,10H2,1H3. The van der Waals surface area contributed by atoms with Gasteiger partial charge in [-0.25, -0.2) is 0 Å². The van der Waals surface area contributed by atoms with E-state index >= 15 is 0 Å². The van der Waals surface area contributed by atoms with Crippen LogP contribution in [0.25, 0.3) is 0 Å². The van der Waals surface area contributed by atoms with Crippen molar-refractivity contribution >= 4 is 7.98 Å². The Bertz CT molecular complexity index is 170. The molecule has 2 nitrogen and oxygen atoms in total. The third-order valence-corrected chi connectivity index (χ3v) is 3.72. The lowest BCUT2D eigenvalue weighted by Crippen LogP contribution is -2.51. The van der Waals surface area contributed by atoms with Crippen LogP contribution in [0.15, 0.2) is 0 Å². The maximum atomic E-state index is 2.60. The van der Waals surface area contributed by atoms with Gasteiger partial charge in [0.1, 0.15) is 0 Å². The zero-order chi connectivity index (χ0) is 8.60. The maximum Gasteiger partial charge on any atom is 0.186 e. The number of likely N-dealkylation sites (tertiary alicyclic amines) is 1. The molecule has 1 spiro atoms. The highest BCUT2D eigenvalue weighted by Crippen LogP contribution is 2.34. The Morgan fingerprint density at radius 2 is 2.00 bits per heavy atom. The number of likely N-dealkylation sites (N-methyl/N-ethyl adjacent to an activating group) is 1. The molecule has 0 aromatic carbocycles. The Morgan fingerprint density at radius 1 is 1.17 bits per heavy atom. The average molecular weight is 166 g/mol. The summed E-state index contributed by atoms with van der Waals surface area (Å²) >= 11 is 0. The summed E-state index contributed by atoms with van der Waals surface area (Å²) in [5.41, 5.74) is 0.562. The highest BCUT2D eigenvalue weighted by molar-refractivity contribution is 6.05. The predicted octanol–water partition coefficient (Wildman–Crippen LogP) is 0.0947. The molecule has 2 aliphatic rings. The van der Waals surface area contributed by atoms with E-state index in [1.165, 1.54) is 45.3 Å². The van der Waals surface area contributed by atoms with Gasteiger partial charge < -0.3 is 9.71 Å². The van der Waals surface area contributed by atoms with Crippen LogP contribution in [0.4, 0.5) is 0 Å². The van der Waals surface area contributed by atoms with E-state index in [-0.39, 0.29) is 0 Å². The molecule has 3 heteroatoms. The topological polar surface area (TPSA) is 6.48 Å². The van der Waals surface area contributed by atoms with Crippen molar-refractivity contribution in [3.63, 3.8) is 0 Å². The van der Waals surface area contributed by atoms with Gasteiger partial charge in [0.25, 0.3) is 0 Å². The Balaban J connectivity index is 2.07. The second-order valence-corrected chi connectivity index (χ2v) is 4.59. The zero-order valence-electron chi connectivity index (χ0n) is 8.34. The van der Waals surface area contributed by atoms with Crippen LogP contribution in [0, 0.1) is 0 Å². The first-order valence-electron chi connectivity index (χ1n) is 5.13. The molecule has 0 aromatic rings. The van der Waals surface area contributed by atoms with Crippen LogP contribution in [0.3, 0.4) is 0 Å². The van der Waals surface area contributed by atoms with Crippen molar-refractivity contribution in [3.8, 4) is 0 Å². The number of hydrogen-bond acceptors (Lipinski definition) is 2. The van der Waals surface area contributed by atoms with Gasteiger partial charge in [0.2, 0.25) is 0 Å². The van der Waals surface area contributed by atoms with E-state index in [0.29, 0.717) is 5.54 Å². The summed E-state index contributed by atoms with van der Waals surface area (Å²) in [4.78, 5) is 5.07. The largest absolute Gasteiger partial charge is 0.343 e. The fourth-order valence-corrected chi connectivity index (χ4v) is 2.81. The second kappa shape index (κ2) is 3.04. The summed E-state index contributed by atoms with van der Waals surface area (Å²) in [7, 11) is 4.55. The van der Waals surface area contributed by atoms with Crippen molar-refractivity contribution in [2.75, 3.05) is 26.7 Å². The van der Waals surface area contributed by atoms with E-state index in [1.807, 2.05) is 0 Å². The van der Waals surface area contributed by atoms with E-state index in [1.54, 1.807) is 0 Å². The van der Waals surface area contributed by atoms with Crippen LogP contribution >= 0.6 is 0 Å². The summed E-state index contributed by atoms with van der Waals surface area (Å²) < 4.78 is 0. The van der Waals surface area contributed by atoms with Crippen molar-refractivity contribution in [1.82, 2.24) is 9.71 Å². The normalized spacial score (nSPS) is 39.4. The van der Waals surface area contributed by atoms with Crippen LogP contribution in [0.1, 0.15) is 25.7 Å². The monoisotopic (exact) mass is 166 g/mol. The summed E-state index contributed by atoms with van der Waals surface area (Å²) in [6, 6.07) is 0. The first kappa shape index (κ1) is 8.58. The summed E-state index contributed by atoms with van der Waals surface area (Å²) in [6.07, 6.45) is 5.66. The van der Waals surface area contributed by atoms with Crippen LogP contribution in [-0.4, -0.2) is 49.9 Å². The Labute approximate surface area is 76.3 Å². The minimum absolute atomic E-state index is 0.562. The van der Waals surface area contributed by atoms with E-state index in [4.69, 9.17) is 0 Å².